The molecular formula is C23H25ClN2O3. The maximum absolute atomic E-state index is 13.0. The summed E-state index contributed by atoms with van der Waals surface area (Å²) in [6, 6.07) is 15.5. The van der Waals surface area contributed by atoms with E-state index in [4.69, 9.17) is 21.2 Å². The van der Waals surface area contributed by atoms with Gasteiger partial charge in [-0.15, -0.1) is 0 Å². The summed E-state index contributed by atoms with van der Waals surface area (Å²) in [4.78, 5) is 20.6. The van der Waals surface area contributed by atoms with Crippen LogP contribution in [0.3, 0.4) is 0 Å². The topological polar surface area (TPSA) is 51.1 Å². The number of carbonyl (C=O) groups is 1. The lowest BCUT2D eigenvalue weighted by Gasteiger charge is -2.33. The van der Waals surface area contributed by atoms with Gasteiger partial charge in [-0.2, -0.15) is 0 Å². The van der Waals surface area contributed by atoms with Gasteiger partial charge in [-0.05, 0) is 54.3 Å². The molecule has 1 amide bonds. The van der Waals surface area contributed by atoms with Crippen LogP contribution in [0.4, 0.5) is 0 Å². The number of rotatable bonds is 7. The molecule has 0 aromatic heterocycles. The SMILES string of the molecule is COc1ccc(C2=NO[C@H](CN(Cc3ccccc3Cl)C(=O)C3CCC3)C2)cc1. The summed E-state index contributed by atoms with van der Waals surface area (Å²) in [5.41, 5.74) is 2.86. The fraction of sp³-hybridized carbons (Fsp3) is 0.391. The molecule has 1 atom stereocenters. The van der Waals surface area contributed by atoms with Crippen LogP contribution in [-0.4, -0.2) is 36.3 Å². The zero-order valence-electron chi connectivity index (χ0n) is 16.5. The van der Waals surface area contributed by atoms with E-state index in [2.05, 4.69) is 5.16 Å². The molecule has 1 saturated carbocycles. The molecule has 0 saturated heterocycles. The average molecular weight is 413 g/mol. The van der Waals surface area contributed by atoms with Gasteiger partial charge in [0.15, 0.2) is 6.10 Å². The van der Waals surface area contributed by atoms with Crippen molar-refractivity contribution in [3.8, 4) is 5.75 Å². The summed E-state index contributed by atoms with van der Waals surface area (Å²) >= 11 is 6.34. The van der Waals surface area contributed by atoms with Crippen LogP contribution in [0.2, 0.25) is 5.02 Å². The maximum Gasteiger partial charge on any atom is 0.226 e. The molecular weight excluding hydrogens is 388 g/mol. The molecule has 1 aliphatic carbocycles. The van der Waals surface area contributed by atoms with Crippen LogP contribution in [0.5, 0.6) is 5.75 Å². The highest BCUT2D eigenvalue weighted by molar-refractivity contribution is 6.31. The number of hydrogen-bond donors (Lipinski definition) is 0. The normalized spacial score (nSPS) is 18.6. The predicted molar refractivity (Wildman–Crippen MR) is 113 cm³/mol. The van der Waals surface area contributed by atoms with E-state index >= 15 is 0 Å². The number of benzene rings is 2. The minimum absolute atomic E-state index is 0.126. The van der Waals surface area contributed by atoms with Gasteiger partial charge in [-0.3, -0.25) is 4.79 Å². The predicted octanol–water partition coefficient (Wildman–Crippen LogP) is 4.67. The number of halogens is 1. The van der Waals surface area contributed by atoms with E-state index in [9.17, 15) is 4.79 Å². The Balaban J connectivity index is 1.43. The lowest BCUT2D eigenvalue weighted by molar-refractivity contribution is -0.140. The minimum atomic E-state index is -0.154. The van der Waals surface area contributed by atoms with E-state index in [1.54, 1.807) is 7.11 Å². The van der Waals surface area contributed by atoms with Gasteiger partial charge in [0.2, 0.25) is 5.91 Å². The number of hydrogen-bond acceptors (Lipinski definition) is 4. The largest absolute Gasteiger partial charge is 0.497 e. The van der Waals surface area contributed by atoms with Crippen LogP contribution >= 0.6 is 11.6 Å². The molecule has 5 nitrogen and oxygen atoms in total. The van der Waals surface area contributed by atoms with Crippen LogP contribution in [0.15, 0.2) is 53.7 Å². The molecule has 1 aliphatic heterocycles. The summed E-state index contributed by atoms with van der Waals surface area (Å²) in [5, 5.41) is 4.95. The summed E-state index contributed by atoms with van der Waals surface area (Å²) < 4.78 is 5.21. The molecule has 1 fully saturated rings. The molecule has 2 aromatic rings. The molecule has 0 N–H and O–H groups in total. The second-order valence-corrected chi connectivity index (χ2v) is 8.04. The quantitative estimate of drug-likeness (QED) is 0.664. The average Bonchev–Trinajstić information content (AvgIpc) is 3.16. The van der Waals surface area contributed by atoms with E-state index < -0.39 is 0 Å². The summed E-state index contributed by atoms with van der Waals surface area (Å²) in [6.07, 6.45) is 3.58. The van der Waals surface area contributed by atoms with E-state index in [-0.39, 0.29) is 17.9 Å². The third kappa shape index (κ3) is 4.56. The van der Waals surface area contributed by atoms with Crippen LogP contribution < -0.4 is 4.74 Å². The Morgan fingerprint density at radius 3 is 2.62 bits per heavy atom. The first-order valence-electron chi connectivity index (χ1n) is 10.0. The van der Waals surface area contributed by atoms with Gasteiger partial charge in [0.25, 0.3) is 0 Å². The molecule has 29 heavy (non-hydrogen) atoms. The van der Waals surface area contributed by atoms with Gasteiger partial charge in [-0.1, -0.05) is 41.4 Å². The lowest BCUT2D eigenvalue weighted by Crippen LogP contribution is -2.42. The summed E-state index contributed by atoms with van der Waals surface area (Å²) in [7, 11) is 1.65. The van der Waals surface area contributed by atoms with E-state index in [0.29, 0.717) is 24.5 Å². The number of nitrogens with zero attached hydrogens (tertiary/aromatic N) is 2. The molecule has 1 heterocycles. The fourth-order valence-corrected chi connectivity index (χ4v) is 3.90. The Morgan fingerprint density at radius 2 is 1.97 bits per heavy atom. The van der Waals surface area contributed by atoms with Gasteiger partial charge in [-0.25, -0.2) is 0 Å². The Labute approximate surface area is 176 Å². The van der Waals surface area contributed by atoms with Crippen LogP contribution in [-0.2, 0) is 16.2 Å². The third-order valence-corrected chi connectivity index (χ3v) is 6.03. The number of oxime groups is 1. The highest BCUT2D eigenvalue weighted by Gasteiger charge is 2.33. The first kappa shape index (κ1) is 19.8. The Bertz CT molecular complexity index is 893. The molecule has 0 unspecified atom stereocenters. The van der Waals surface area contributed by atoms with Crippen molar-refractivity contribution >= 4 is 23.2 Å². The first-order valence-corrected chi connectivity index (χ1v) is 10.4. The van der Waals surface area contributed by atoms with Gasteiger partial charge in [0.1, 0.15) is 5.75 Å². The van der Waals surface area contributed by atoms with Gasteiger partial charge < -0.3 is 14.5 Å². The van der Waals surface area contributed by atoms with Crippen molar-refractivity contribution in [3.63, 3.8) is 0 Å². The maximum atomic E-state index is 13.0. The molecule has 0 spiro atoms. The van der Waals surface area contributed by atoms with Crippen LogP contribution in [0.1, 0.15) is 36.8 Å². The zero-order chi connectivity index (χ0) is 20.2. The van der Waals surface area contributed by atoms with Gasteiger partial charge in [0.05, 0.1) is 19.4 Å². The van der Waals surface area contributed by atoms with Gasteiger partial charge in [0, 0.05) is 23.9 Å². The third-order valence-electron chi connectivity index (χ3n) is 5.67. The van der Waals surface area contributed by atoms with Crippen molar-refractivity contribution in [3.05, 3.63) is 64.7 Å². The molecule has 2 aromatic carbocycles. The van der Waals surface area contributed by atoms with Crippen LogP contribution in [0.25, 0.3) is 0 Å². The highest BCUT2D eigenvalue weighted by atomic mass is 35.5. The molecule has 152 valence electrons. The van der Waals surface area contributed by atoms with E-state index in [1.165, 1.54) is 0 Å². The highest BCUT2D eigenvalue weighted by Crippen LogP contribution is 2.30. The first-order chi connectivity index (χ1) is 14.1. The van der Waals surface area contributed by atoms with E-state index in [0.717, 1.165) is 41.9 Å². The summed E-state index contributed by atoms with van der Waals surface area (Å²) in [5.74, 6) is 1.13. The van der Waals surface area contributed by atoms with Crippen molar-refractivity contribution in [2.45, 2.75) is 38.3 Å². The molecule has 6 heteroatoms. The van der Waals surface area contributed by atoms with Crippen LogP contribution in [0, 0.1) is 5.92 Å². The van der Waals surface area contributed by atoms with Crippen molar-refractivity contribution in [2.24, 2.45) is 11.1 Å². The number of ether oxygens (including phenoxy) is 1. The zero-order valence-corrected chi connectivity index (χ0v) is 17.3. The lowest BCUT2D eigenvalue weighted by atomic mass is 9.84. The van der Waals surface area contributed by atoms with Crippen molar-refractivity contribution < 1.29 is 14.4 Å². The monoisotopic (exact) mass is 412 g/mol. The number of amides is 1. The molecule has 0 bridgehead atoms. The fourth-order valence-electron chi connectivity index (χ4n) is 3.70. The Morgan fingerprint density at radius 1 is 1.21 bits per heavy atom. The number of carbonyl (C=O) groups excluding carboxylic acids is 1. The van der Waals surface area contributed by atoms with Crippen molar-refractivity contribution in [2.75, 3.05) is 13.7 Å². The Hall–Kier alpha value is -2.53. The molecule has 0 radical (unpaired) electrons. The second kappa shape index (κ2) is 8.87. The Kier molecular flexibility index (Phi) is 6.05. The van der Waals surface area contributed by atoms with Crippen molar-refractivity contribution in [1.29, 1.82) is 0 Å². The summed E-state index contributed by atoms with van der Waals surface area (Å²) in [6.45, 7) is 0.996. The number of methoxy groups -OCH3 is 1. The smallest absolute Gasteiger partial charge is 0.226 e. The standard InChI is InChI=1S/C23H25ClN2O3/c1-28-19-11-9-16(10-12-19)22-13-20(29-25-22)15-26(23(27)17-6-4-7-17)14-18-5-2-3-8-21(18)24/h2-3,5,8-12,17,20H,4,6-7,13-15H2,1H3/t20-/m0/s1. The second-order valence-electron chi connectivity index (χ2n) is 7.64. The van der Waals surface area contributed by atoms with Crippen molar-refractivity contribution in [1.82, 2.24) is 4.90 Å². The minimum Gasteiger partial charge on any atom is -0.497 e. The van der Waals surface area contributed by atoms with E-state index in [1.807, 2.05) is 53.4 Å². The molecule has 2 aliphatic rings. The molecule has 4 rings (SSSR count). The van der Waals surface area contributed by atoms with Gasteiger partial charge >= 0.3 is 0 Å².